The lowest BCUT2D eigenvalue weighted by Gasteiger charge is -2.33. The van der Waals surface area contributed by atoms with E-state index in [0.717, 1.165) is 55.6 Å². The summed E-state index contributed by atoms with van der Waals surface area (Å²) in [5.41, 5.74) is 6.49. The van der Waals surface area contributed by atoms with Gasteiger partial charge in [-0.15, -0.1) is 0 Å². The maximum Gasteiger partial charge on any atom is 0.325 e. The highest BCUT2D eigenvalue weighted by molar-refractivity contribution is 6.03. The van der Waals surface area contributed by atoms with Crippen molar-refractivity contribution in [2.75, 3.05) is 14.2 Å². The predicted octanol–water partition coefficient (Wildman–Crippen LogP) is 6.66. The molecule has 0 heterocycles. The van der Waals surface area contributed by atoms with E-state index in [1.54, 1.807) is 0 Å². The molecule has 40 heavy (non-hydrogen) atoms. The second-order valence-electron chi connectivity index (χ2n) is 10.2. The third-order valence-corrected chi connectivity index (χ3v) is 8.62. The minimum atomic E-state index is -1.20. The third kappa shape index (κ3) is 2.85. The normalized spacial score (nSPS) is 14.8. The Kier molecular flexibility index (Phi) is 5.29. The number of hydrogen-bond acceptors (Lipinski definition) is 4. The Hall–Kier alpha value is -4.96. The highest BCUT2D eigenvalue weighted by Crippen LogP contribution is 2.56. The summed E-state index contributed by atoms with van der Waals surface area (Å²) < 4.78 is 11.1. The Morgan fingerprint density at radius 1 is 0.450 bits per heavy atom. The van der Waals surface area contributed by atoms with Crippen molar-refractivity contribution in [1.29, 1.82) is 0 Å². The molecule has 2 aliphatic rings. The van der Waals surface area contributed by atoms with Crippen LogP contribution in [0.15, 0.2) is 121 Å². The molecule has 0 N–H and O–H groups in total. The molecule has 0 saturated carbocycles. The zero-order valence-electron chi connectivity index (χ0n) is 22.2. The largest absolute Gasteiger partial charge is 0.468 e. The van der Waals surface area contributed by atoms with E-state index in [4.69, 9.17) is 9.47 Å². The summed E-state index contributed by atoms with van der Waals surface area (Å²) in [6.07, 6.45) is 0. The lowest BCUT2D eigenvalue weighted by Crippen LogP contribution is -2.40. The van der Waals surface area contributed by atoms with E-state index >= 15 is 0 Å². The number of methoxy groups -OCH3 is 2. The van der Waals surface area contributed by atoms with E-state index in [1.807, 2.05) is 121 Å². The van der Waals surface area contributed by atoms with E-state index in [9.17, 15) is 9.59 Å². The minimum absolute atomic E-state index is 0.374. The van der Waals surface area contributed by atoms with Gasteiger partial charge >= 0.3 is 11.9 Å². The molecule has 7 rings (SSSR count). The van der Waals surface area contributed by atoms with Crippen molar-refractivity contribution in [1.82, 2.24) is 0 Å². The van der Waals surface area contributed by atoms with Crippen LogP contribution >= 0.6 is 0 Å². The van der Waals surface area contributed by atoms with Crippen molar-refractivity contribution in [3.05, 3.63) is 155 Å². The molecule has 0 radical (unpaired) electrons. The van der Waals surface area contributed by atoms with Crippen LogP contribution in [-0.2, 0) is 29.9 Å². The Morgan fingerprint density at radius 3 is 1.05 bits per heavy atom. The van der Waals surface area contributed by atoms with Gasteiger partial charge in [0.2, 0.25) is 0 Å². The Balaban J connectivity index is 1.58. The Bertz CT molecular complexity index is 1610. The molecule has 5 aromatic rings. The first-order valence-electron chi connectivity index (χ1n) is 13.3. The SMILES string of the molecule is COC(=O)C1(c2cccc(C3(C(=O)OC)c4ccccc4-c4ccccc43)c2)c2ccccc2-c2ccccc21. The van der Waals surface area contributed by atoms with E-state index in [0.29, 0.717) is 0 Å². The molecule has 4 nitrogen and oxygen atoms in total. The van der Waals surface area contributed by atoms with Crippen molar-refractivity contribution in [3.8, 4) is 22.3 Å². The second kappa shape index (κ2) is 8.78. The molecule has 5 aromatic carbocycles. The number of hydrogen-bond donors (Lipinski definition) is 0. The summed E-state index contributed by atoms with van der Waals surface area (Å²) in [6, 6.07) is 39.7. The summed E-state index contributed by atoms with van der Waals surface area (Å²) in [7, 11) is 2.85. The van der Waals surface area contributed by atoms with Crippen molar-refractivity contribution < 1.29 is 19.1 Å². The predicted molar refractivity (Wildman–Crippen MR) is 154 cm³/mol. The first kappa shape index (κ1) is 24.1. The van der Waals surface area contributed by atoms with Gasteiger partial charge in [0.25, 0.3) is 0 Å². The topological polar surface area (TPSA) is 52.6 Å². The highest BCUT2D eigenvalue weighted by atomic mass is 16.5. The van der Waals surface area contributed by atoms with Crippen molar-refractivity contribution in [3.63, 3.8) is 0 Å². The molecule has 0 saturated heterocycles. The number of benzene rings is 5. The van der Waals surface area contributed by atoms with Gasteiger partial charge in [-0.3, -0.25) is 9.59 Å². The molecule has 0 atom stereocenters. The van der Waals surface area contributed by atoms with Gasteiger partial charge in [-0.2, -0.15) is 0 Å². The summed E-state index contributed by atoms with van der Waals surface area (Å²) in [6.45, 7) is 0. The standard InChI is InChI=1S/C36H26O4/c1-39-33(37)35(29-18-7-3-14-25(29)26-15-4-8-19-30(26)35)23-12-11-13-24(22-23)36(34(38)40-2)31-20-9-5-16-27(31)28-17-6-10-21-32(28)36/h3-22H,1-2H3. The quantitative estimate of drug-likeness (QED) is 0.248. The number of esters is 2. The minimum Gasteiger partial charge on any atom is -0.468 e. The number of carbonyl (C=O) groups is 2. The monoisotopic (exact) mass is 522 g/mol. The van der Waals surface area contributed by atoms with Crippen molar-refractivity contribution in [2.24, 2.45) is 0 Å². The molecule has 0 fully saturated rings. The first-order valence-corrected chi connectivity index (χ1v) is 13.3. The highest BCUT2D eigenvalue weighted by Gasteiger charge is 2.54. The summed E-state index contributed by atoms with van der Waals surface area (Å²) in [5.74, 6) is -0.747. The van der Waals surface area contributed by atoms with Crippen LogP contribution in [0.25, 0.3) is 22.3 Å². The van der Waals surface area contributed by atoms with E-state index < -0.39 is 10.8 Å². The maximum absolute atomic E-state index is 14.0. The molecular weight excluding hydrogens is 496 g/mol. The van der Waals surface area contributed by atoms with E-state index in [1.165, 1.54) is 14.2 Å². The molecule has 0 spiro atoms. The Labute approximate surface area is 232 Å². The van der Waals surface area contributed by atoms with Crippen LogP contribution in [0.4, 0.5) is 0 Å². The molecule has 2 aliphatic carbocycles. The molecule has 0 bridgehead atoms. The fourth-order valence-electron chi connectivity index (χ4n) is 7.06. The maximum atomic E-state index is 14.0. The van der Waals surface area contributed by atoms with Gasteiger partial charge in [-0.25, -0.2) is 0 Å². The fourth-order valence-corrected chi connectivity index (χ4v) is 7.06. The lowest BCUT2D eigenvalue weighted by molar-refractivity contribution is -0.144. The summed E-state index contributed by atoms with van der Waals surface area (Å²) in [4.78, 5) is 28.1. The van der Waals surface area contributed by atoms with Crippen molar-refractivity contribution >= 4 is 11.9 Å². The molecule has 0 aliphatic heterocycles. The first-order chi connectivity index (χ1) is 19.6. The molecule has 0 amide bonds. The molecule has 0 aromatic heterocycles. The number of rotatable bonds is 4. The van der Waals surface area contributed by atoms with E-state index in [2.05, 4.69) is 0 Å². The van der Waals surface area contributed by atoms with Gasteiger partial charge in [-0.1, -0.05) is 121 Å². The van der Waals surface area contributed by atoms with Crippen LogP contribution in [0.3, 0.4) is 0 Å². The molecule has 194 valence electrons. The van der Waals surface area contributed by atoms with Crippen LogP contribution in [0.5, 0.6) is 0 Å². The van der Waals surface area contributed by atoms with Gasteiger partial charge in [0, 0.05) is 0 Å². The third-order valence-electron chi connectivity index (χ3n) is 8.62. The van der Waals surface area contributed by atoms with Crippen LogP contribution in [0, 0.1) is 0 Å². The average molecular weight is 523 g/mol. The van der Waals surface area contributed by atoms with Crippen molar-refractivity contribution in [2.45, 2.75) is 10.8 Å². The fraction of sp³-hybridized carbons (Fsp3) is 0.111. The Morgan fingerprint density at radius 2 is 0.750 bits per heavy atom. The number of fused-ring (bicyclic) bond motifs is 6. The zero-order valence-corrected chi connectivity index (χ0v) is 22.2. The number of carbonyl (C=O) groups excluding carboxylic acids is 2. The van der Waals surface area contributed by atoms with Gasteiger partial charge in [0.05, 0.1) is 14.2 Å². The van der Waals surface area contributed by atoms with Gasteiger partial charge in [-0.05, 0) is 55.6 Å². The lowest BCUT2D eigenvalue weighted by atomic mass is 9.68. The van der Waals surface area contributed by atoms with Gasteiger partial charge < -0.3 is 9.47 Å². The molecular formula is C36H26O4. The van der Waals surface area contributed by atoms with Crippen LogP contribution in [-0.4, -0.2) is 26.2 Å². The van der Waals surface area contributed by atoms with Crippen LogP contribution in [0.2, 0.25) is 0 Å². The summed E-state index contributed by atoms with van der Waals surface area (Å²) in [5, 5.41) is 0. The van der Waals surface area contributed by atoms with Crippen LogP contribution in [0.1, 0.15) is 33.4 Å². The van der Waals surface area contributed by atoms with E-state index in [-0.39, 0.29) is 11.9 Å². The zero-order chi connectivity index (χ0) is 27.5. The number of ether oxygens (including phenoxy) is 2. The van der Waals surface area contributed by atoms with Crippen LogP contribution < -0.4 is 0 Å². The molecule has 4 heteroatoms. The average Bonchev–Trinajstić information content (AvgIpc) is 3.50. The summed E-state index contributed by atoms with van der Waals surface area (Å²) >= 11 is 0. The van der Waals surface area contributed by atoms with Gasteiger partial charge in [0.15, 0.2) is 0 Å². The van der Waals surface area contributed by atoms with Gasteiger partial charge in [0.1, 0.15) is 10.8 Å². The smallest absolute Gasteiger partial charge is 0.325 e. The molecule has 0 unspecified atom stereocenters. The second-order valence-corrected chi connectivity index (χ2v) is 10.2.